The molecule has 0 spiro atoms. The molecule has 1 atom stereocenters. The molecule has 0 unspecified atom stereocenters. The van der Waals surface area contributed by atoms with Crippen LogP contribution in [0, 0.1) is 11.6 Å². The van der Waals surface area contributed by atoms with Crippen molar-refractivity contribution in [1.82, 2.24) is 5.32 Å². The number of hydrogen-bond acceptors (Lipinski definition) is 4. The van der Waals surface area contributed by atoms with Crippen molar-refractivity contribution in [2.75, 3.05) is 17.3 Å². The molecule has 1 fully saturated rings. The van der Waals surface area contributed by atoms with Gasteiger partial charge >= 0.3 is 0 Å². The van der Waals surface area contributed by atoms with Gasteiger partial charge in [0.25, 0.3) is 0 Å². The smallest absolute Gasteiger partial charge is 0.230 e. The zero-order chi connectivity index (χ0) is 15.7. The molecule has 8 heteroatoms. The van der Waals surface area contributed by atoms with Crippen molar-refractivity contribution in [3.8, 4) is 0 Å². The normalized spacial score (nSPS) is 24.0. The summed E-state index contributed by atoms with van der Waals surface area (Å²) in [6.07, 6.45) is 0.386. The van der Waals surface area contributed by atoms with E-state index >= 15 is 0 Å². The van der Waals surface area contributed by atoms with Crippen molar-refractivity contribution >= 4 is 27.5 Å². The van der Waals surface area contributed by atoms with Crippen molar-refractivity contribution in [2.45, 2.75) is 23.8 Å². The molecule has 0 radical (unpaired) electrons. The summed E-state index contributed by atoms with van der Waals surface area (Å²) < 4.78 is 48.7. The van der Waals surface area contributed by atoms with E-state index in [-0.39, 0.29) is 23.2 Å². The molecule has 4 nitrogen and oxygen atoms in total. The first-order chi connectivity index (χ1) is 9.69. The summed E-state index contributed by atoms with van der Waals surface area (Å²) >= 11 is 1.07. The largest absolute Gasteiger partial charge is 0.349 e. The molecule has 1 aliphatic heterocycles. The van der Waals surface area contributed by atoms with Crippen LogP contribution in [0.15, 0.2) is 23.1 Å². The van der Waals surface area contributed by atoms with E-state index in [2.05, 4.69) is 5.32 Å². The van der Waals surface area contributed by atoms with Gasteiger partial charge < -0.3 is 5.32 Å². The van der Waals surface area contributed by atoms with Crippen LogP contribution >= 0.6 is 11.8 Å². The molecular formula is C13H15F2NO3S2. The predicted molar refractivity (Wildman–Crippen MR) is 76.9 cm³/mol. The number of nitrogens with one attached hydrogen (secondary N) is 1. The minimum atomic E-state index is -3.09. The summed E-state index contributed by atoms with van der Waals surface area (Å²) in [6, 6.07) is 3.41. The number of amides is 1. The molecule has 21 heavy (non-hydrogen) atoms. The molecule has 1 aliphatic rings. The standard InChI is InChI=1S/C13H15F2NO3S2/c1-13(4-5-21(18,19)8-13)16-12(17)7-20-9-2-3-10(14)11(15)6-9/h2-3,6H,4-5,7-8H2,1H3,(H,16,17)/t13-/m1/s1. The van der Waals surface area contributed by atoms with Gasteiger partial charge in [-0.15, -0.1) is 11.8 Å². The monoisotopic (exact) mass is 335 g/mol. The van der Waals surface area contributed by atoms with E-state index in [0.717, 1.165) is 23.9 Å². The van der Waals surface area contributed by atoms with Gasteiger partial charge in [0, 0.05) is 4.90 Å². The number of carbonyl (C=O) groups is 1. The Balaban J connectivity index is 1.89. The van der Waals surface area contributed by atoms with E-state index in [0.29, 0.717) is 11.3 Å². The van der Waals surface area contributed by atoms with E-state index in [9.17, 15) is 22.0 Å². The van der Waals surface area contributed by atoms with E-state index in [1.54, 1.807) is 6.92 Å². The topological polar surface area (TPSA) is 63.2 Å². The molecule has 116 valence electrons. The lowest BCUT2D eigenvalue weighted by Gasteiger charge is -2.23. The predicted octanol–water partition coefficient (Wildman–Crippen LogP) is 1.75. The Morgan fingerprint density at radius 2 is 2.10 bits per heavy atom. The second-order valence-corrected chi connectivity index (χ2v) is 8.55. The van der Waals surface area contributed by atoms with E-state index in [1.807, 2.05) is 0 Å². The lowest BCUT2D eigenvalue weighted by Crippen LogP contribution is -2.47. The second kappa shape index (κ2) is 5.92. The van der Waals surface area contributed by atoms with Gasteiger partial charge in [0.1, 0.15) is 0 Å². The number of thioether (sulfide) groups is 1. The summed E-state index contributed by atoms with van der Waals surface area (Å²) in [4.78, 5) is 12.3. The summed E-state index contributed by atoms with van der Waals surface area (Å²) in [5, 5.41) is 2.70. The van der Waals surface area contributed by atoms with Crippen molar-refractivity contribution in [3.63, 3.8) is 0 Å². The van der Waals surface area contributed by atoms with Crippen LogP contribution in [0.5, 0.6) is 0 Å². The van der Waals surface area contributed by atoms with Gasteiger partial charge in [-0.05, 0) is 31.5 Å². The Morgan fingerprint density at radius 3 is 2.67 bits per heavy atom. The Labute approximate surface area is 126 Å². The maximum Gasteiger partial charge on any atom is 0.230 e. The molecule has 0 saturated carbocycles. The maximum atomic E-state index is 13.0. The highest BCUT2D eigenvalue weighted by atomic mass is 32.2. The number of benzene rings is 1. The first kappa shape index (κ1) is 16.2. The van der Waals surface area contributed by atoms with Crippen LogP contribution in [0.4, 0.5) is 8.78 Å². The third-order valence-electron chi connectivity index (χ3n) is 3.21. The maximum absolute atomic E-state index is 13.0. The number of sulfone groups is 1. The molecule has 1 aromatic carbocycles. The van der Waals surface area contributed by atoms with Gasteiger partial charge in [-0.25, -0.2) is 17.2 Å². The van der Waals surface area contributed by atoms with Gasteiger partial charge in [-0.2, -0.15) is 0 Å². The quantitative estimate of drug-likeness (QED) is 0.852. The third-order valence-corrected chi connectivity index (χ3v) is 6.10. The average Bonchev–Trinajstić information content (AvgIpc) is 2.65. The molecule has 2 rings (SSSR count). The van der Waals surface area contributed by atoms with E-state index in [4.69, 9.17) is 0 Å². The number of rotatable bonds is 4. The van der Waals surface area contributed by atoms with Crippen LogP contribution in [0.2, 0.25) is 0 Å². The van der Waals surface area contributed by atoms with E-state index < -0.39 is 27.0 Å². The van der Waals surface area contributed by atoms with Crippen LogP contribution in [0.25, 0.3) is 0 Å². The Hall–Kier alpha value is -1.15. The average molecular weight is 335 g/mol. The van der Waals surface area contributed by atoms with Crippen molar-refractivity contribution < 1.29 is 22.0 Å². The Bertz CT molecular complexity index is 663. The minimum Gasteiger partial charge on any atom is -0.349 e. The Morgan fingerprint density at radius 1 is 1.38 bits per heavy atom. The van der Waals surface area contributed by atoms with Crippen molar-refractivity contribution in [2.24, 2.45) is 0 Å². The van der Waals surface area contributed by atoms with Crippen molar-refractivity contribution in [3.05, 3.63) is 29.8 Å². The fourth-order valence-corrected chi connectivity index (χ4v) is 5.01. The van der Waals surface area contributed by atoms with Crippen LogP contribution in [-0.2, 0) is 14.6 Å². The summed E-state index contributed by atoms with van der Waals surface area (Å²) in [6.45, 7) is 1.69. The fraction of sp³-hybridized carbons (Fsp3) is 0.462. The van der Waals surface area contributed by atoms with E-state index in [1.165, 1.54) is 6.07 Å². The molecular weight excluding hydrogens is 320 g/mol. The number of carbonyl (C=O) groups excluding carboxylic acids is 1. The highest BCUT2D eigenvalue weighted by Gasteiger charge is 2.39. The first-order valence-corrected chi connectivity index (χ1v) is 9.09. The van der Waals surface area contributed by atoms with Gasteiger partial charge in [0.2, 0.25) is 5.91 Å². The molecule has 1 aromatic rings. The Kier molecular flexibility index (Phi) is 4.57. The number of halogens is 2. The highest BCUT2D eigenvalue weighted by molar-refractivity contribution is 8.00. The van der Waals surface area contributed by atoms with Crippen LogP contribution in [0.3, 0.4) is 0 Å². The third kappa shape index (κ3) is 4.41. The highest BCUT2D eigenvalue weighted by Crippen LogP contribution is 2.24. The molecule has 1 heterocycles. The SMILES string of the molecule is C[C@@]1(NC(=O)CSc2ccc(F)c(F)c2)CCS(=O)(=O)C1. The molecule has 0 bridgehead atoms. The summed E-state index contributed by atoms with van der Waals surface area (Å²) in [7, 11) is -3.09. The zero-order valence-electron chi connectivity index (χ0n) is 11.4. The molecule has 1 saturated heterocycles. The molecule has 1 N–H and O–H groups in total. The zero-order valence-corrected chi connectivity index (χ0v) is 13.0. The summed E-state index contributed by atoms with van der Waals surface area (Å²) in [5.41, 5.74) is -0.746. The minimum absolute atomic E-state index is 0.0146. The van der Waals surface area contributed by atoms with Gasteiger partial charge in [-0.3, -0.25) is 4.79 Å². The summed E-state index contributed by atoms with van der Waals surface area (Å²) in [5.74, 6) is -2.21. The van der Waals surface area contributed by atoms with Gasteiger partial charge in [-0.1, -0.05) is 0 Å². The lowest BCUT2D eigenvalue weighted by molar-refractivity contribution is -0.120. The molecule has 0 aromatic heterocycles. The molecule has 0 aliphatic carbocycles. The van der Waals surface area contributed by atoms with Crippen LogP contribution < -0.4 is 5.32 Å². The van der Waals surface area contributed by atoms with Gasteiger partial charge in [0.15, 0.2) is 21.5 Å². The molecule has 1 amide bonds. The number of hydrogen-bond donors (Lipinski definition) is 1. The van der Waals surface area contributed by atoms with Gasteiger partial charge in [0.05, 0.1) is 22.8 Å². The fourth-order valence-electron chi connectivity index (χ4n) is 2.20. The first-order valence-electron chi connectivity index (χ1n) is 6.28. The lowest BCUT2D eigenvalue weighted by atomic mass is 10.0. The van der Waals surface area contributed by atoms with Crippen LogP contribution in [-0.4, -0.2) is 37.1 Å². The second-order valence-electron chi connectivity index (χ2n) is 5.32. The van der Waals surface area contributed by atoms with Crippen molar-refractivity contribution in [1.29, 1.82) is 0 Å². The van der Waals surface area contributed by atoms with Crippen LogP contribution in [0.1, 0.15) is 13.3 Å².